The number of carbonyl (C=O) groups excluding carboxylic acids is 5. The van der Waals surface area contributed by atoms with E-state index in [0.29, 0.717) is 12.8 Å². The summed E-state index contributed by atoms with van der Waals surface area (Å²) in [5.74, 6) is -4.93. The van der Waals surface area contributed by atoms with E-state index >= 15 is 0 Å². The molecule has 0 aliphatic carbocycles. The van der Waals surface area contributed by atoms with E-state index in [9.17, 15) is 33.9 Å². The molecule has 0 unspecified atom stereocenters. The maximum Gasteiger partial charge on any atom is 0.326 e. The number of hydrogen-bond acceptors (Lipinski definition) is 8. The van der Waals surface area contributed by atoms with Crippen LogP contribution in [-0.4, -0.2) is 89.4 Å². The molecule has 0 aromatic heterocycles. The van der Waals surface area contributed by atoms with E-state index in [0.717, 1.165) is 5.56 Å². The van der Waals surface area contributed by atoms with Crippen molar-refractivity contribution in [3.05, 3.63) is 35.9 Å². The van der Waals surface area contributed by atoms with Crippen LogP contribution in [0.25, 0.3) is 0 Å². The summed E-state index contributed by atoms with van der Waals surface area (Å²) in [5, 5.41) is 22.7. The number of carboxylic acids is 1. The summed E-state index contributed by atoms with van der Waals surface area (Å²) in [6.07, 6.45) is 1.12. The maximum atomic E-state index is 13.6. The van der Waals surface area contributed by atoms with E-state index in [1.165, 1.54) is 6.92 Å². The van der Waals surface area contributed by atoms with Crippen molar-refractivity contribution >= 4 is 41.5 Å². The average molecular weight is 718 g/mol. The van der Waals surface area contributed by atoms with Crippen molar-refractivity contribution in [1.29, 1.82) is 0 Å². The van der Waals surface area contributed by atoms with Gasteiger partial charge in [-0.1, -0.05) is 71.9 Å². The van der Waals surface area contributed by atoms with Gasteiger partial charge in [-0.3, -0.25) is 29.0 Å². The first-order valence-corrected chi connectivity index (χ1v) is 17.4. The van der Waals surface area contributed by atoms with Crippen LogP contribution in [0.15, 0.2) is 35.3 Å². The third kappa shape index (κ3) is 17.2. The van der Waals surface area contributed by atoms with Crippen LogP contribution in [0.5, 0.6) is 0 Å². The second kappa shape index (κ2) is 22.2. The highest BCUT2D eigenvalue weighted by molar-refractivity contribution is 5.96. The Morgan fingerprint density at radius 3 is 1.69 bits per heavy atom. The SMILES string of the molecule is CC(C)C[C@H](NC(=O)[C@@H](NC(=O)[C@H](CC(C)C)NC(=O)[C@@H](N)Cc1ccccc1)C(C)C)C(=O)N[C@@H](C)C(=O)N[C@H](CCCN=C(N)N)C(=O)O. The number of rotatable bonds is 22. The number of benzene rings is 1. The molecule has 0 aliphatic heterocycles. The predicted molar refractivity (Wildman–Crippen MR) is 195 cm³/mol. The molecule has 0 fully saturated rings. The molecule has 286 valence electrons. The normalized spacial score (nSPS) is 14.7. The highest BCUT2D eigenvalue weighted by Crippen LogP contribution is 2.12. The number of aliphatic carboxylic acids is 1. The fourth-order valence-corrected chi connectivity index (χ4v) is 5.13. The van der Waals surface area contributed by atoms with Gasteiger partial charge in [0.2, 0.25) is 29.5 Å². The molecule has 1 aromatic carbocycles. The Hall–Kier alpha value is -4.73. The summed E-state index contributed by atoms with van der Waals surface area (Å²) in [6.45, 7) is 12.5. The van der Waals surface area contributed by atoms with Crippen LogP contribution in [0.2, 0.25) is 0 Å². The molecule has 0 bridgehead atoms. The zero-order valence-electron chi connectivity index (χ0n) is 30.9. The van der Waals surface area contributed by atoms with Gasteiger partial charge in [0.25, 0.3) is 0 Å². The molecule has 0 saturated heterocycles. The Morgan fingerprint density at radius 1 is 0.686 bits per heavy atom. The molecule has 0 saturated carbocycles. The number of aliphatic imine (C=N–C) groups is 1. The van der Waals surface area contributed by atoms with E-state index < -0.39 is 77.7 Å². The maximum absolute atomic E-state index is 13.6. The van der Waals surface area contributed by atoms with Crippen LogP contribution in [0, 0.1) is 17.8 Å². The fourth-order valence-electron chi connectivity index (χ4n) is 5.13. The van der Waals surface area contributed by atoms with Gasteiger partial charge in [0.1, 0.15) is 30.2 Å². The number of nitrogens with two attached hydrogens (primary N) is 3. The molecular weight excluding hydrogens is 658 g/mol. The number of carbonyl (C=O) groups is 6. The summed E-state index contributed by atoms with van der Waals surface area (Å²) in [6, 6.07) is 2.86. The number of nitrogens with zero attached hydrogens (tertiary/aromatic N) is 1. The smallest absolute Gasteiger partial charge is 0.326 e. The number of carboxylic acid groups (broad SMARTS) is 1. The second-order valence-corrected chi connectivity index (χ2v) is 14.0. The zero-order valence-corrected chi connectivity index (χ0v) is 30.9. The molecule has 5 amide bonds. The van der Waals surface area contributed by atoms with E-state index in [-0.39, 0.29) is 43.6 Å². The van der Waals surface area contributed by atoms with E-state index in [1.807, 2.05) is 58.0 Å². The van der Waals surface area contributed by atoms with Crippen LogP contribution in [0.1, 0.15) is 79.7 Å². The number of nitrogens with one attached hydrogen (secondary N) is 5. The van der Waals surface area contributed by atoms with Gasteiger partial charge in [0.15, 0.2) is 5.96 Å². The molecular formula is C35H59N9O7. The summed E-state index contributed by atoms with van der Waals surface area (Å²) < 4.78 is 0. The Kier molecular flexibility index (Phi) is 19.2. The van der Waals surface area contributed by atoms with Gasteiger partial charge in [0, 0.05) is 6.54 Å². The highest BCUT2D eigenvalue weighted by atomic mass is 16.4. The topological polar surface area (TPSA) is 273 Å². The van der Waals surface area contributed by atoms with Crippen molar-refractivity contribution in [3.63, 3.8) is 0 Å². The van der Waals surface area contributed by atoms with E-state index in [1.54, 1.807) is 13.8 Å². The molecule has 1 aromatic rings. The summed E-state index contributed by atoms with van der Waals surface area (Å²) in [4.78, 5) is 81.9. The van der Waals surface area contributed by atoms with Crippen molar-refractivity contribution < 1.29 is 33.9 Å². The number of amides is 5. The lowest BCUT2D eigenvalue weighted by Gasteiger charge is -2.29. The van der Waals surface area contributed by atoms with E-state index in [4.69, 9.17) is 17.2 Å². The molecule has 12 N–H and O–H groups in total. The minimum Gasteiger partial charge on any atom is -0.480 e. The monoisotopic (exact) mass is 717 g/mol. The molecule has 0 radical (unpaired) electrons. The standard InChI is InChI=1S/C35H59N9O7/c1-19(2)16-26(31(47)40-22(7)29(45)41-25(34(50)51)14-11-15-39-35(37)38)43-33(49)28(21(5)6)44-32(48)27(17-20(3)4)42-30(46)24(36)18-23-12-9-8-10-13-23/h8-10,12-13,19-22,24-28H,11,14-18,36H2,1-7H3,(H,40,47)(H,41,45)(H,42,46)(H,43,49)(H,44,48)(H,50,51)(H4,37,38,39)/t22-,24-,25+,26-,27-,28-/m0/s1. The third-order valence-electron chi connectivity index (χ3n) is 7.87. The van der Waals surface area contributed by atoms with Crippen molar-refractivity contribution in [2.24, 2.45) is 39.9 Å². The minimum absolute atomic E-state index is 0.0199. The number of guanidine groups is 1. The first kappa shape index (κ1) is 44.3. The Bertz CT molecular complexity index is 1330. The quantitative estimate of drug-likeness (QED) is 0.0436. The first-order valence-electron chi connectivity index (χ1n) is 17.4. The molecule has 16 heteroatoms. The van der Waals surface area contributed by atoms with E-state index in [2.05, 4.69) is 31.6 Å². The molecule has 16 nitrogen and oxygen atoms in total. The Morgan fingerprint density at radius 2 is 1.20 bits per heavy atom. The summed E-state index contributed by atoms with van der Waals surface area (Å²) >= 11 is 0. The van der Waals surface area contributed by atoms with Gasteiger partial charge in [-0.25, -0.2) is 4.79 Å². The lowest BCUT2D eigenvalue weighted by molar-refractivity contribution is -0.142. The fraction of sp³-hybridized carbons (Fsp3) is 0.629. The molecule has 6 atom stereocenters. The average Bonchev–Trinajstić information content (AvgIpc) is 3.03. The minimum atomic E-state index is -1.26. The van der Waals surface area contributed by atoms with Gasteiger partial charge in [-0.15, -0.1) is 0 Å². The van der Waals surface area contributed by atoms with Crippen LogP contribution in [0.3, 0.4) is 0 Å². The van der Waals surface area contributed by atoms with Gasteiger partial charge in [-0.05, 0) is 62.3 Å². The molecule has 0 heterocycles. The third-order valence-corrected chi connectivity index (χ3v) is 7.87. The van der Waals surface area contributed by atoms with Crippen LogP contribution in [-0.2, 0) is 35.2 Å². The number of hydrogen-bond donors (Lipinski definition) is 9. The largest absolute Gasteiger partial charge is 0.480 e. The first-order chi connectivity index (χ1) is 23.8. The predicted octanol–water partition coefficient (Wildman–Crippen LogP) is -0.113. The molecule has 0 spiro atoms. The molecule has 1 rings (SSSR count). The van der Waals surface area contributed by atoms with Crippen molar-refractivity contribution in [1.82, 2.24) is 26.6 Å². The lowest BCUT2D eigenvalue weighted by atomic mass is 9.98. The highest BCUT2D eigenvalue weighted by Gasteiger charge is 2.33. The van der Waals surface area contributed by atoms with Gasteiger partial charge >= 0.3 is 5.97 Å². The lowest BCUT2D eigenvalue weighted by Crippen LogP contribution is -2.60. The van der Waals surface area contributed by atoms with Gasteiger partial charge < -0.3 is 48.9 Å². The van der Waals surface area contributed by atoms with Crippen LogP contribution < -0.4 is 43.8 Å². The second-order valence-electron chi connectivity index (χ2n) is 14.0. The summed E-state index contributed by atoms with van der Waals surface area (Å²) in [5.41, 5.74) is 17.6. The van der Waals surface area contributed by atoms with Crippen molar-refractivity contribution in [2.75, 3.05) is 6.54 Å². The Labute approximate surface area is 300 Å². The van der Waals surface area contributed by atoms with Crippen molar-refractivity contribution in [2.45, 2.75) is 117 Å². The van der Waals surface area contributed by atoms with Crippen molar-refractivity contribution in [3.8, 4) is 0 Å². The Balaban J connectivity index is 3.00. The molecule has 0 aliphatic rings. The van der Waals surface area contributed by atoms with Crippen LogP contribution in [0.4, 0.5) is 0 Å². The molecule has 51 heavy (non-hydrogen) atoms. The summed E-state index contributed by atoms with van der Waals surface area (Å²) in [7, 11) is 0. The van der Waals surface area contributed by atoms with Gasteiger partial charge in [0.05, 0.1) is 6.04 Å². The zero-order chi connectivity index (χ0) is 38.8. The van der Waals surface area contributed by atoms with Gasteiger partial charge in [-0.2, -0.15) is 0 Å². The van der Waals surface area contributed by atoms with Crippen LogP contribution >= 0.6 is 0 Å².